The summed E-state index contributed by atoms with van der Waals surface area (Å²) >= 11 is 0. The van der Waals surface area contributed by atoms with Crippen LogP contribution >= 0.6 is 0 Å². The molecule has 1 amide bonds. The predicted octanol–water partition coefficient (Wildman–Crippen LogP) is 2.79. The minimum absolute atomic E-state index is 0.408. The Morgan fingerprint density at radius 3 is 2.54 bits per heavy atom. The van der Waals surface area contributed by atoms with Gasteiger partial charge in [-0.1, -0.05) is 48.0 Å². The summed E-state index contributed by atoms with van der Waals surface area (Å²) in [5.74, 6) is -0.898. The van der Waals surface area contributed by atoms with Gasteiger partial charge in [0.1, 0.15) is 18.9 Å². The number of hydrogen-bond acceptors (Lipinski definition) is 3. The number of carbonyl (C=O) groups excluding carboxylic acids is 1. The van der Waals surface area contributed by atoms with Crippen LogP contribution in [0.25, 0.3) is 6.08 Å². The molecule has 2 aromatic rings. The van der Waals surface area contributed by atoms with E-state index in [1.165, 1.54) is 11.6 Å². The van der Waals surface area contributed by atoms with Gasteiger partial charge in [-0.15, -0.1) is 0 Å². The van der Waals surface area contributed by atoms with E-state index in [0.717, 1.165) is 11.1 Å². The van der Waals surface area contributed by atoms with Crippen molar-refractivity contribution in [1.29, 1.82) is 0 Å². The Bertz CT molecular complexity index is 735. The van der Waals surface area contributed by atoms with Gasteiger partial charge in [-0.3, -0.25) is 9.59 Å². The summed E-state index contributed by atoms with van der Waals surface area (Å²) in [5.41, 5.74) is 2.99. The standard InChI is InChI=1S/C19H19NO4/c1-14-6-8-15(9-7-14)13-24-17-5-3-2-4-16(17)10-11-18(21)20-12-19(22)23/h2-11H,12-13H2,1H3,(H,20,21)(H,22,23)/b11-10+. The number of ether oxygens (including phenoxy) is 1. The van der Waals surface area contributed by atoms with Crippen LogP contribution in [0.3, 0.4) is 0 Å². The quantitative estimate of drug-likeness (QED) is 0.768. The Kier molecular flexibility index (Phi) is 6.14. The molecule has 5 heteroatoms. The lowest BCUT2D eigenvalue weighted by molar-refractivity contribution is -0.137. The van der Waals surface area contributed by atoms with E-state index in [2.05, 4.69) is 5.32 Å². The molecule has 0 bridgehead atoms. The van der Waals surface area contributed by atoms with Gasteiger partial charge < -0.3 is 15.2 Å². The third-order valence-electron chi connectivity index (χ3n) is 3.26. The highest BCUT2D eigenvalue weighted by molar-refractivity contribution is 5.93. The van der Waals surface area contributed by atoms with Crippen LogP contribution in [0.5, 0.6) is 5.75 Å². The molecule has 0 spiro atoms. The first kappa shape index (κ1) is 17.3. The number of carbonyl (C=O) groups is 2. The second kappa shape index (κ2) is 8.53. The van der Waals surface area contributed by atoms with Crippen LogP contribution in [-0.2, 0) is 16.2 Å². The molecule has 0 saturated carbocycles. The molecule has 0 fully saturated rings. The zero-order chi connectivity index (χ0) is 17.4. The molecule has 124 valence electrons. The molecular formula is C19H19NO4. The molecule has 0 aliphatic carbocycles. The van der Waals surface area contributed by atoms with E-state index < -0.39 is 18.4 Å². The zero-order valence-corrected chi connectivity index (χ0v) is 13.4. The van der Waals surface area contributed by atoms with Crippen LogP contribution in [0, 0.1) is 6.92 Å². The number of aliphatic carboxylic acids is 1. The summed E-state index contributed by atoms with van der Waals surface area (Å²) in [6.07, 6.45) is 2.89. The molecule has 5 nitrogen and oxygen atoms in total. The van der Waals surface area contributed by atoms with Crippen molar-refractivity contribution >= 4 is 18.0 Å². The fraction of sp³-hybridized carbons (Fsp3) is 0.158. The fourth-order valence-electron chi connectivity index (χ4n) is 1.98. The Morgan fingerprint density at radius 2 is 1.83 bits per heavy atom. The van der Waals surface area contributed by atoms with Gasteiger partial charge in [-0.2, -0.15) is 0 Å². The van der Waals surface area contributed by atoms with E-state index in [4.69, 9.17) is 9.84 Å². The van der Waals surface area contributed by atoms with Crippen LogP contribution in [0.1, 0.15) is 16.7 Å². The first-order chi connectivity index (χ1) is 11.5. The number of aryl methyl sites for hydroxylation is 1. The third kappa shape index (κ3) is 5.61. The maximum atomic E-state index is 11.5. The molecule has 24 heavy (non-hydrogen) atoms. The maximum Gasteiger partial charge on any atom is 0.322 e. The molecule has 0 atom stereocenters. The second-order valence-corrected chi connectivity index (χ2v) is 5.26. The van der Waals surface area contributed by atoms with Crippen molar-refractivity contribution < 1.29 is 19.4 Å². The van der Waals surface area contributed by atoms with E-state index >= 15 is 0 Å². The number of amides is 1. The van der Waals surface area contributed by atoms with Crippen molar-refractivity contribution in [3.05, 3.63) is 71.3 Å². The Hall–Kier alpha value is -3.08. The number of nitrogens with one attached hydrogen (secondary N) is 1. The summed E-state index contributed by atoms with van der Waals surface area (Å²) in [5, 5.41) is 10.8. The van der Waals surface area contributed by atoms with Crippen molar-refractivity contribution in [2.45, 2.75) is 13.5 Å². The normalized spacial score (nSPS) is 10.5. The van der Waals surface area contributed by atoms with Crippen molar-refractivity contribution in [2.24, 2.45) is 0 Å². The fourth-order valence-corrected chi connectivity index (χ4v) is 1.98. The molecule has 0 radical (unpaired) electrons. The van der Waals surface area contributed by atoms with E-state index in [0.29, 0.717) is 12.4 Å². The van der Waals surface area contributed by atoms with E-state index in [1.54, 1.807) is 6.08 Å². The Morgan fingerprint density at radius 1 is 1.12 bits per heavy atom. The van der Waals surface area contributed by atoms with Gasteiger partial charge in [-0.05, 0) is 24.6 Å². The minimum atomic E-state index is -1.08. The number of para-hydroxylation sites is 1. The van der Waals surface area contributed by atoms with Gasteiger partial charge in [0.25, 0.3) is 0 Å². The third-order valence-corrected chi connectivity index (χ3v) is 3.26. The Labute approximate surface area is 140 Å². The largest absolute Gasteiger partial charge is 0.488 e. The molecule has 2 aromatic carbocycles. The van der Waals surface area contributed by atoms with Crippen LogP contribution in [0.4, 0.5) is 0 Å². The number of rotatable bonds is 7. The highest BCUT2D eigenvalue weighted by atomic mass is 16.5. The molecular weight excluding hydrogens is 306 g/mol. The molecule has 0 aliphatic rings. The SMILES string of the molecule is Cc1ccc(COc2ccccc2/C=C/C(=O)NCC(=O)O)cc1. The van der Waals surface area contributed by atoms with Crippen molar-refractivity contribution in [3.8, 4) is 5.75 Å². The van der Waals surface area contributed by atoms with Gasteiger partial charge in [-0.25, -0.2) is 0 Å². The minimum Gasteiger partial charge on any atom is -0.488 e. The maximum absolute atomic E-state index is 11.5. The van der Waals surface area contributed by atoms with E-state index in [9.17, 15) is 9.59 Å². The number of hydrogen-bond donors (Lipinski definition) is 2. The second-order valence-electron chi connectivity index (χ2n) is 5.26. The number of benzene rings is 2. The predicted molar refractivity (Wildman–Crippen MR) is 91.6 cm³/mol. The summed E-state index contributed by atoms with van der Waals surface area (Å²) in [6.45, 7) is 2.05. The van der Waals surface area contributed by atoms with Crippen LogP contribution in [-0.4, -0.2) is 23.5 Å². The molecule has 2 N–H and O–H groups in total. The summed E-state index contributed by atoms with van der Waals surface area (Å²) in [4.78, 5) is 22.0. The van der Waals surface area contributed by atoms with E-state index in [-0.39, 0.29) is 0 Å². The lowest BCUT2D eigenvalue weighted by Crippen LogP contribution is -2.27. The zero-order valence-electron chi connectivity index (χ0n) is 13.4. The van der Waals surface area contributed by atoms with Crippen molar-refractivity contribution in [2.75, 3.05) is 6.54 Å². The molecule has 0 saturated heterocycles. The van der Waals surface area contributed by atoms with Gasteiger partial charge >= 0.3 is 5.97 Å². The van der Waals surface area contributed by atoms with Crippen molar-refractivity contribution in [3.63, 3.8) is 0 Å². The summed E-state index contributed by atoms with van der Waals surface area (Å²) in [6, 6.07) is 15.4. The first-order valence-electron chi connectivity index (χ1n) is 7.49. The average molecular weight is 325 g/mol. The van der Waals surface area contributed by atoms with Gasteiger partial charge in [0.15, 0.2) is 0 Å². The summed E-state index contributed by atoms with van der Waals surface area (Å²) in [7, 11) is 0. The average Bonchev–Trinajstić information content (AvgIpc) is 2.58. The lowest BCUT2D eigenvalue weighted by atomic mass is 10.1. The summed E-state index contributed by atoms with van der Waals surface area (Å²) < 4.78 is 5.82. The lowest BCUT2D eigenvalue weighted by Gasteiger charge is -2.09. The molecule has 0 heterocycles. The monoisotopic (exact) mass is 325 g/mol. The highest BCUT2D eigenvalue weighted by Crippen LogP contribution is 2.20. The van der Waals surface area contributed by atoms with Crippen LogP contribution in [0.15, 0.2) is 54.6 Å². The van der Waals surface area contributed by atoms with Crippen molar-refractivity contribution in [1.82, 2.24) is 5.32 Å². The molecule has 0 unspecified atom stereocenters. The van der Waals surface area contributed by atoms with Crippen LogP contribution in [0.2, 0.25) is 0 Å². The van der Waals surface area contributed by atoms with Crippen LogP contribution < -0.4 is 10.1 Å². The number of carboxylic acid groups (broad SMARTS) is 1. The molecule has 0 aliphatic heterocycles. The Balaban J connectivity index is 2.00. The van der Waals surface area contributed by atoms with E-state index in [1.807, 2.05) is 55.5 Å². The molecule has 2 rings (SSSR count). The van der Waals surface area contributed by atoms with Gasteiger partial charge in [0, 0.05) is 11.6 Å². The topological polar surface area (TPSA) is 75.6 Å². The first-order valence-corrected chi connectivity index (χ1v) is 7.49. The smallest absolute Gasteiger partial charge is 0.322 e. The molecule has 0 aromatic heterocycles. The van der Waals surface area contributed by atoms with Gasteiger partial charge in [0.2, 0.25) is 5.91 Å². The van der Waals surface area contributed by atoms with Gasteiger partial charge in [0.05, 0.1) is 0 Å². The highest BCUT2D eigenvalue weighted by Gasteiger charge is 2.03. The number of carboxylic acids is 1.